The molecule has 3 rings (SSSR count). The number of aromatic nitrogens is 1. The molecule has 1 aliphatic rings. The van der Waals surface area contributed by atoms with Gasteiger partial charge in [0.25, 0.3) is 0 Å². The number of aryl methyl sites for hydroxylation is 1. The van der Waals surface area contributed by atoms with E-state index < -0.39 is 0 Å². The molecule has 5 nitrogen and oxygen atoms in total. The van der Waals surface area contributed by atoms with E-state index >= 15 is 0 Å². The van der Waals surface area contributed by atoms with Crippen LogP contribution in [-0.2, 0) is 11.2 Å². The van der Waals surface area contributed by atoms with Gasteiger partial charge in [0.1, 0.15) is 0 Å². The molecule has 5 heteroatoms. The van der Waals surface area contributed by atoms with Crippen LogP contribution in [-0.4, -0.2) is 23.0 Å². The summed E-state index contributed by atoms with van der Waals surface area (Å²) in [5.41, 5.74) is 6.90. The van der Waals surface area contributed by atoms with Gasteiger partial charge in [-0.1, -0.05) is 30.3 Å². The number of oxazole rings is 1. The van der Waals surface area contributed by atoms with E-state index in [0.29, 0.717) is 30.8 Å². The minimum absolute atomic E-state index is 0.116. The number of nitrogens with two attached hydrogens (primary N) is 1. The molecule has 1 amide bonds. The van der Waals surface area contributed by atoms with E-state index in [2.05, 4.69) is 10.3 Å². The normalized spacial score (nSPS) is 20.7. The SMILES string of the molecule is NC1CCC(NC(=O)CCCc2ncc(-c3ccccc3)o2)CC1. The number of benzene rings is 1. The van der Waals surface area contributed by atoms with E-state index in [-0.39, 0.29) is 5.91 Å². The van der Waals surface area contributed by atoms with E-state index in [1.165, 1.54) is 0 Å². The number of carbonyl (C=O) groups is 1. The fourth-order valence-electron chi connectivity index (χ4n) is 3.13. The summed E-state index contributed by atoms with van der Waals surface area (Å²) in [6.07, 6.45) is 7.66. The molecular weight excluding hydrogens is 302 g/mol. The van der Waals surface area contributed by atoms with Gasteiger partial charge in [-0.2, -0.15) is 0 Å². The highest BCUT2D eigenvalue weighted by atomic mass is 16.4. The van der Waals surface area contributed by atoms with E-state index in [0.717, 1.165) is 43.4 Å². The Morgan fingerprint density at radius 2 is 1.96 bits per heavy atom. The van der Waals surface area contributed by atoms with Crippen molar-refractivity contribution in [2.75, 3.05) is 0 Å². The lowest BCUT2D eigenvalue weighted by molar-refractivity contribution is -0.122. The summed E-state index contributed by atoms with van der Waals surface area (Å²) < 4.78 is 5.76. The standard InChI is InChI=1S/C19H25N3O2/c20-15-9-11-16(12-10-15)22-18(23)7-4-8-19-21-13-17(24-19)14-5-2-1-3-6-14/h1-3,5-6,13,15-16H,4,7-12,20H2,(H,22,23). The summed E-state index contributed by atoms with van der Waals surface area (Å²) >= 11 is 0. The molecule has 2 aromatic rings. The van der Waals surface area contributed by atoms with Crippen molar-refractivity contribution in [1.82, 2.24) is 10.3 Å². The monoisotopic (exact) mass is 327 g/mol. The molecule has 1 heterocycles. The van der Waals surface area contributed by atoms with Gasteiger partial charge in [-0.15, -0.1) is 0 Å². The molecule has 1 aromatic carbocycles. The van der Waals surface area contributed by atoms with Crippen LogP contribution in [0.4, 0.5) is 0 Å². The molecular formula is C19H25N3O2. The summed E-state index contributed by atoms with van der Waals surface area (Å²) in [6.45, 7) is 0. The average molecular weight is 327 g/mol. The Kier molecular flexibility index (Phi) is 5.64. The highest BCUT2D eigenvalue weighted by Gasteiger charge is 2.19. The van der Waals surface area contributed by atoms with Gasteiger partial charge in [0.2, 0.25) is 5.91 Å². The largest absolute Gasteiger partial charge is 0.441 e. The zero-order valence-electron chi connectivity index (χ0n) is 13.9. The van der Waals surface area contributed by atoms with Crippen LogP contribution in [0.3, 0.4) is 0 Å². The maximum Gasteiger partial charge on any atom is 0.220 e. The minimum atomic E-state index is 0.116. The predicted molar refractivity (Wildman–Crippen MR) is 93.3 cm³/mol. The predicted octanol–water partition coefficient (Wildman–Crippen LogP) is 3.05. The van der Waals surface area contributed by atoms with Crippen molar-refractivity contribution in [1.29, 1.82) is 0 Å². The maximum absolute atomic E-state index is 12.0. The van der Waals surface area contributed by atoms with Crippen molar-refractivity contribution in [3.63, 3.8) is 0 Å². The van der Waals surface area contributed by atoms with Gasteiger partial charge in [0, 0.05) is 30.5 Å². The number of hydrogen-bond donors (Lipinski definition) is 2. The number of nitrogens with one attached hydrogen (secondary N) is 1. The third kappa shape index (κ3) is 4.68. The molecule has 1 aromatic heterocycles. The summed E-state index contributed by atoms with van der Waals surface area (Å²) in [5, 5.41) is 3.11. The van der Waals surface area contributed by atoms with E-state index in [1.807, 2.05) is 30.3 Å². The van der Waals surface area contributed by atoms with Gasteiger partial charge < -0.3 is 15.5 Å². The van der Waals surface area contributed by atoms with Crippen molar-refractivity contribution in [3.05, 3.63) is 42.4 Å². The summed E-state index contributed by atoms with van der Waals surface area (Å²) in [6, 6.07) is 10.5. The third-order valence-corrected chi connectivity index (χ3v) is 4.54. The molecule has 0 unspecified atom stereocenters. The minimum Gasteiger partial charge on any atom is -0.441 e. The Labute approximate surface area is 142 Å². The smallest absolute Gasteiger partial charge is 0.220 e. The van der Waals surface area contributed by atoms with Gasteiger partial charge in [-0.3, -0.25) is 4.79 Å². The maximum atomic E-state index is 12.0. The van der Waals surface area contributed by atoms with Crippen molar-refractivity contribution in [2.24, 2.45) is 5.73 Å². The first kappa shape index (κ1) is 16.7. The Bertz CT molecular complexity index is 646. The highest BCUT2D eigenvalue weighted by molar-refractivity contribution is 5.76. The third-order valence-electron chi connectivity index (χ3n) is 4.54. The molecule has 0 saturated heterocycles. The summed E-state index contributed by atoms with van der Waals surface area (Å²) in [7, 11) is 0. The first-order valence-electron chi connectivity index (χ1n) is 8.76. The number of hydrogen-bond acceptors (Lipinski definition) is 4. The molecule has 0 radical (unpaired) electrons. The van der Waals surface area contributed by atoms with Crippen molar-refractivity contribution in [3.8, 4) is 11.3 Å². The van der Waals surface area contributed by atoms with Gasteiger partial charge in [-0.25, -0.2) is 4.98 Å². The summed E-state index contributed by atoms with van der Waals surface area (Å²) in [4.78, 5) is 16.3. The molecule has 0 bridgehead atoms. The van der Waals surface area contributed by atoms with Crippen LogP contribution >= 0.6 is 0 Å². The zero-order chi connectivity index (χ0) is 16.8. The second-order valence-corrected chi connectivity index (χ2v) is 6.52. The Hall–Kier alpha value is -2.14. The molecule has 0 spiro atoms. The lowest BCUT2D eigenvalue weighted by Gasteiger charge is -2.26. The van der Waals surface area contributed by atoms with Crippen molar-refractivity contribution < 1.29 is 9.21 Å². The van der Waals surface area contributed by atoms with Gasteiger partial charge in [-0.05, 0) is 32.1 Å². The zero-order valence-corrected chi connectivity index (χ0v) is 13.9. The van der Waals surface area contributed by atoms with Crippen LogP contribution in [0, 0.1) is 0 Å². The van der Waals surface area contributed by atoms with Crippen LogP contribution in [0.15, 0.2) is 40.9 Å². The second kappa shape index (κ2) is 8.11. The van der Waals surface area contributed by atoms with Crippen LogP contribution in [0.25, 0.3) is 11.3 Å². The van der Waals surface area contributed by atoms with Crippen LogP contribution in [0.5, 0.6) is 0 Å². The quantitative estimate of drug-likeness (QED) is 0.854. The van der Waals surface area contributed by atoms with Gasteiger partial charge in [0.15, 0.2) is 11.7 Å². The molecule has 1 saturated carbocycles. The lowest BCUT2D eigenvalue weighted by atomic mass is 9.92. The van der Waals surface area contributed by atoms with Crippen LogP contribution in [0.2, 0.25) is 0 Å². The molecule has 24 heavy (non-hydrogen) atoms. The Balaban J connectivity index is 1.40. The topological polar surface area (TPSA) is 81.1 Å². The number of amides is 1. The summed E-state index contributed by atoms with van der Waals surface area (Å²) in [5.74, 6) is 1.57. The van der Waals surface area contributed by atoms with Crippen LogP contribution in [0.1, 0.15) is 44.4 Å². The van der Waals surface area contributed by atoms with Crippen molar-refractivity contribution in [2.45, 2.75) is 57.0 Å². The Morgan fingerprint density at radius 1 is 1.21 bits per heavy atom. The number of carbonyl (C=O) groups excluding carboxylic acids is 1. The molecule has 1 fully saturated rings. The lowest BCUT2D eigenvalue weighted by Crippen LogP contribution is -2.40. The second-order valence-electron chi connectivity index (χ2n) is 6.52. The van der Waals surface area contributed by atoms with E-state index in [1.54, 1.807) is 6.20 Å². The van der Waals surface area contributed by atoms with E-state index in [9.17, 15) is 4.79 Å². The molecule has 0 aliphatic heterocycles. The first-order chi connectivity index (χ1) is 11.7. The van der Waals surface area contributed by atoms with Gasteiger partial charge >= 0.3 is 0 Å². The average Bonchev–Trinajstić information content (AvgIpc) is 3.07. The fourth-order valence-corrected chi connectivity index (χ4v) is 3.13. The fraction of sp³-hybridized carbons (Fsp3) is 0.474. The highest BCUT2D eigenvalue weighted by Crippen LogP contribution is 2.20. The first-order valence-corrected chi connectivity index (χ1v) is 8.76. The Morgan fingerprint density at radius 3 is 2.71 bits per heavy atom. The van der Waals surface area contributed by atoms with Gasteiger partial charge in [0.05, 0.1) is 6.20 Å². The van der Waals surface area contributed by atoms with Crippen LogP contribution < -0.4 is 11.1 Å². The molecule has 1 aliphatic carbocycles. The number of nitrogens with zero attached hydrogens (tertiary/aromatic N) is 1. The molecule has 3 N–H and O–H groups in total. The number of rotatable bonds is 6. The van der Waals surface area contributed by atoms with Crippen molar-refractivity contribution >= 4 is 5.91 Å². The molecule has 128 valence electrons. The molecule has 0 atom stereocenters. The van der Waals surface area contributed by atoms with E-state index in [4.69, 9.17) is 10.2 Å².